The summed E-state index contributed by atoms with van der Waals surface area (Å²) in [7, 11) is 0. The molecule has 9 rings (SSSR count). The highest BCUT2D eigenvalue weighted by Crippen LogP contribution is 2.58. The van der Waals surface area contributed by atoms with Crippen molar-refractivity contribution in [3.63, 3.8) is 0 Å². The second-order valence-electron chi connectivity index (χ2n) is 14.8. The van der Waals surface area contributed by atoms with Gasteiger partial charge in [0.15, 0.2) is 0 Å². The van der Waals surface area contributed by atoms with Gasteiger partial charge in [-0.3, -0.25) is 0 Å². The molecular weight excluding hydrogens is 787 g/mol. The van der Waals surface area contributed by atoms with Gasteiger partial charge in [-0.25, -0.2) is 0 Å². The van der Waals surface area contributed by atoms with Crippen molar-refractivity contribution < 1.29 is 35.8 Å². The summed E-state index contributed by atoms with van der Waals surface area (Å²) in [6.45, 7) is 0. The number of fused-ring (bicyclic) bond motifs is 3. The first-order chi connectivity index (χ1) is 29.3. The molecule has 0 amide bonds. The van der Waals surface area contributed by atoms with Gasteiger partial charge in [-0.15, -0.1) is 0 Å². The van der Waals surface area contributed by atoms with Crippen molar-refractivity contribution in [3.05, 3.63) is 215 Å². The average molecular weight is 821 g/mol. The molecule has 10 heteroatoms. The Labute approximate surface area is 347 Å². The van der Waals surface area contributed by atoms with E-state index in [1.807, 2.05) is 109 Å². The molecule has 0 atom stereocenters. The first kappa shape index (κ1) is 39.0. The van der Waals surface area contributed by atoms with E-state index in [2.05, 4.69) is 24.3 Å². The number of nitrogen functional groups attached to an aromatic ring is 2. The van der Waals surface area contributed by atoms with Crippen LogP contribution in [0, 0.1) is 0 Å². The normalized spacial score (nSPS) is 13.0. The van der Waals surface area contributed by atoms with Gasteiger partial charge in [-0.05, 0) is 93.0 Å². The third-order valence-electron chi connectivity index (χ3n) is 10.9. The number of nitrogens with two attached hydrogens (primary N) is 2. The minimum absolute atomic E-state index is 0.0749. The van der Waals surface area contributed by atoms with Crippen LogP contribution in [-0.4, -0.2) is 0 Å². The van der Waals surface area contributed by atoms with Crippen molar-refractivity contribution in [2.45, 2.75) is 17.8 Å². The van der Waals surface area contributed by atoms with Crippen LogP contribution < -0.4 is 20.9 Å². The van der Waals surface area contributed by atoms with Crippen molar-refractivity contribution in [1.29, 1.82) is 0 Å². The smallest absolute Gasteiger partial charge is 0.416 e. The van der Waals surface area contributed by atoms with Gasteiger partial charge < -0.3 is 20.9 Å². The molecule has 0 bridgehead atoms. The molecule has 61 heavy (non-hydrogen) atoms. The standard InChI is InChI=1S/C51H34F6N2O2/c52-50(53,54)35-23-37(58)29-39(25-35)60-47-21-19-33(27-43(47)31-11-3-1-4-12-31)49(45-17-9-7-15-41(45)42-16-8-10-18-46(42)49)34-20-22-48(44(28-34)32-13-5-2-6-14-32)61-40-26-36(51(55,56)57)24-38(59)30-40/h1-30H,58-59H2. The van der Waals surface area contributed by atoms with Gasteiger partial charge in [0.05, 0.1) is 16.5 Å². The van der Waals surface area contributed by atoms with Gasteiger partial charge in [0, 0.05) is 34.6 Å². The Balaban J connectivity index is 1.29. The van der Waals surface area contributed by atoms with Crippen molar-refractivity contribution >= 4 is 11.4 Å². The van der Waals surface area contributed by atoms with Crippen LogP contribution >= 0.6 is 0 Å². The van der Waals surface area contributed by atoms with Crippen molar-refractivity contribution in [1.82, 2.24) is 0 Å². The van der Waals surface area contributed by atoms with Crippen molar-refractivity contribution in [2.75, 3.05) is 11.5 Å². The second kappa shape index (κ2) is 15.0. The Morgan fingerprint density at radius 1 is 0.377 bits per heavy atom. The number of alkyl halides is 6. The topological polar surface area (TPSA) is 70.5 Å². The maximum Gasteiger partial charge on any atom is 0.416 e. The maximum absolute atomic E-state index is 13.9. The van der Waals surface area contributed by atoms with Crippen LogP contribution in [0.25, 0.3) is 33.4 Å². The predicted octanol–water partition coefficient (Wildman–Crippen LogP) is 14.2. The molecule has 8 aromatic carbocycles. The van der Waals surface area contributed by atoms with Gasteiger partial charge in [-0.1, -0.05) is 121 Å². The van der Waals surface area contributed by atoms with Gasteiger partial charge in [0.1, 0.15) is 23.0 Å². The highest BCUT2D eigenvalue weighted by Gasteiger charge is 2.46. The first-order valence-corrected chi connectivity index (χ1v) is 19.2. The van der Waals surface area contributed by atoms with E-state index >= 15 is 0 Å². The molecule has 0 aliphatic heterocycles. The first-order valence-electron chi connectivity index (χ1n) is 19.2. The molecular formula is C51H34F6N2O2. The number of hydrogen-bond acceptors (Lipinski definition) is 4. The summed E-state index contributed by atoms with van der Waals surface area (Å²) in [4.78, 5) is 0. The molecule has 8 aromatic rings. The second-order valence-corrected chi connectivity index (χ2v) is 14.8. The Morgan fingerprint density at radius 2 is 0.754 bits per heavy atom. The minimum Gasteiger partial charge on any atom is -0.457 e. The molecule has 4 nitrogen and oxygen atoms in total. The quantitative estimate of drug-likeness (QED) is 0.118. The molecule has 0 spiro atoms. The molecule has 0 saturated carbocycles. The van der Waals surface area contributed by atoms with Crippen LogP contribution in [0.15, 0.2) is 182 Å². The summed E-state index contributed by atoms with van der Waals surface area (Å²) < 4.78 is 95.9. The van der Waals surface area contributed by atoms with Crippen LogP contribution in [0.1, 0.15) is 33.4 Å². The molecule has 0 saturated heterocycles. The summed E-state index contributed by atoms with van der Waals surface area (Å²) in [6, 6.07) is 52.6. The van der Waals surface area contributed by atoms with E-state index in [0.717, 1.165) is 68.8 Å². The number of halogens is 6. The summed E-state index contributed by atoms with van der Waals surface area (Å²) in [5.74, 6) is 0.457. The largest absolute Gasteiger partial charge is 0.457 e. The Kier molecular flexibility index (Phi) is 9.58. The summed E-state index contributed by atoms with van der Waals surface area (Å²) in [5.41, 5.74) is 17.1. The molecule has 0 heterocycles. The van der Waals surface area contributed by atoms with E-state index < -0.39 is 28.9 Å². The third-order valence-corrected chi connectivity index (χ3v) is 10.9. The SMILES string of the molecule is Nc1cc(Oc2ccc(C3(c4ccc(Oc5cc(N)cc(C(F)(F)F)c5)c(-c5ccccc5)c4)c4ccccc4-c4ccccc43)cc2-c2ccccc2)cc(C(F)(F)F)c1. The van der Waals surface area contributed by atoms with Crippen molar-refractivity contribution in [2.24, 2.45) is 0 Å². The molecule has 4 N–H and O–H groups in total. The fraction of sp³-hybridized carbons (Fsp3) is 0.0588. The van der Waals surface area contributed by atoms with Crippen LogP contribution in [0.2, 0.25) is 0 Å². The summed E-state index contributed by atoms with van der Waals surface area (Å²) >= 11 is 0. The molecule has 0 radical (unpaired) electrons. The third kappa shape index (κ3) is 7.20. The Hall–Kier alpha value is -7.46. The Bertz CT molecular complexity index is 2730. The lowest BCUT2D eigenvalue weighted by molar-refractivity contribution is -0.138. The summed E-state index contributed by atoms with van der Waals surface area (Å²) in [6.07, 6.45) is -9.29. The van der Waals surface area contributed by atoms with Crippen LogP contribution in [0.4, 0.5) is 37.7 Å². The van der Waals surface area contributed by atoms with E-state index in [1.165, 1.54) is 12.1 Å². The summed E-state index contributed by atoms with van der Waals surface area (Å²) in [5, 5.41) is 0. The van der Waals surface area contributed by atoms with Gasteiger partial charge in [0.2, 0.25) is 0 Å². The highest BCUT2D eigenvalue weighted by molar-refractivity contribution is 5.88. The lowest BCUT2D eigenvalue weighted by Gasteiger charge is -2.35. The molecule has 0 fully saturated rings. The number of hydrogen-bond donors (Lipinski definition) is 2. The molecule has 302 valence electrons. The van der Waals surface area contributed by atoms with Gasteiger partial charge in [0.25, 0.3) is 0 Å². The van der Waals surface area contributed by atoms with Crippen molar-refractivity contribution in [3.8, 4) is 56.4 Å². The molecule has 1 aliphatic carbocycles. The minimum atomic E-state index is -4.64. The van der Waals surface area contributed by atoms with Crippen LogP contribution in [0.5, 0.6) is 23.0 Å². The van der Waals surface area contributed by atoms with E-state index in [0.29, 0.717) is 22.6 Å². The van der Waals surface area contributed by atoms with Crippen LogP contribution in [0.3, 0.4) is 0 Å². The molecule has 0 aromatic heterocycles. The number of rotatable bonds is 8. The van der Waals surface area contributed by atoms with E-state index in [9.17, 15) is 26.3 Å². The lowest BCUT2D eigenvalue weighted by Crippen LogP contribution is -2.28. The highest BCUT2D eigenvalue weighted by atomic mass is 19.4. The van der Waals surface area contributed by atoms with Crippen LogP contribution in [-0.2, 0) is 17.8 Å². The maximum atomic E-state index is 13.9. The number of benzene rings is 8. The zero-order valence-electron chi connectivity index (χ0n) is 32.1. The van der Waals surface area contributed by atoms with Gasteiger partial charge in [-0.2, -0.15) is 26.3 Å². The lowest BCUT2D eigenvalue weighted by atomic mass is 9.67. The fourth-order valence-electron chi connectivity index (χ4n) is 8.36. The number of ether oxygens (including phenoxy) is 2. The van der Waals surface area contributed by atoms with E-state index in [1.54, 1.807) is 12.1 Å². The zero-order chi connectivity index (χ0) is 42.5. The zero-order valence-corrected chi connectivity index (χ0v) is 32.1. The van der Waals surface area contributed by atoms with Gasteiger partial charge >= 0.3 is 12.4 Å². The van der Waals surface area contributed by atoms with E-state index in [4.69, 9.17) is 20.9 Å². The monoisotopic (exact) mass is 820 g/mol. The molecule has 0 unspecified atom stereocenters. The Morgan fingerprint density at radius 3 is 1.15 bits per heavy atom. The fourth-order valence-corrected chi connectivity index (χ4v) is 8.36. The molecule has 1 aliphatic rings. The predicted molar refractivity (Wildman–Crippen MR) is 226 cm³/mol. The number of anilines is 2. The van der Waals surface area contributed by atoms with E-state index in [-0.39, 0.29) is 22.9 Å². The average Bonchev–Trinajstić information content (AvgIpc) is 3.55.